The maximum absolute atomic E-state index is 13.8. The summed E-state index contributed by atoms with van der Waals surface area (Å²) in [5, 5.41) is 43.3. The van der Waals surface area contributed by atoms with Crippen molar-refractivity contribution in [2.45, 2.75) is 121 Å². The molecule has 9 amide bonds. The fraction of sp³-hybridized carbons (Fsp3) is 0.649. The second-order valence-electron chi connectivity index (χ2n) is 15.7. The van der Waals surface area contributed by atoms with E-state index in [0.29, 0.717) is 12.1 Å². The number of hydrogen-bond donors (Lipinski definition) is 13. The quantitative estimate of drug-likeness (QED) is 0.0412. The number of rotatable bonds is 26. The fourth-order valence-electron chi connectivity index (χ4n) is 6.45. The van der Waals surface area contributed by atoms with Crippen LogP contribution < -0.4 is 49.1 Å². The summed E-state index contributed by atoms with van der Waals surface area (Å²) in [7, 11) is 0. The van der Waals surface area contributed by atoms with E-state index in [1.165, 1.54) is 12.5 Å². The number of aromatic amines is 1. The molecule has 25 nitrogen and oxygen atoms in total. The highest BCUT2D eigenvalue weighted by Crippen LogP contribution is 2.20. The van der Waals surface area contributed by atoms with Crippen LogP contribution in [-0.4, -0.2) is 157 Å². The number of amides is 9. The van der Waals surface area contributed by atoms with Crippen molar-refractivity contribution in [1.29, 1.82) is 0 Å². The molecule has 1 aromatic heterocycles. The normalized spacial score (nSPS) is 17.0. The Morgan fingerprint density at radius 2 is 1.18 bits per heavy atom. The zero-order valence-corrected chi connectivity index (χ0v) is 35.0. The Hall–Kier alpha value is -6.21. The van der Waals surface area contributed by atoms with Crippen molar-refractivity contribution in [3.8, 4) is 0 Å². The Bertz CT molecular complexity index is 1760. The highest BCUT2D eigenvalue weighted by molar-refractivity contribution is 5.99. The van der Waals surface area contributed by atoms with Gasteiger partial charge >= 0.3 is 5.97 Å². The number of imidazole rings is 1. The predicted molar refractivity (Wildman–Crippen MR) is 215 cm³/mol. The molecule has 0 spiro atoms. The largest absolute Gasteiger partial charge is 0.480 e. The molecule has 1 aromatic rings. The minimum Gasteiger partial charge on any atom is -0.480 e. The van der Waals surface area contributed by atoms with Gasteiger partial charge in [-0.05, 0) is 37.5 Å². The average molecular weight is 881 g/mol. The number of likely N-dealkylation sites (tertiary alicyclic amines) is 1. The van der Waals surface area contributed by atoms with Gasteiger partial charge in [-0.1, -0.05) is 27.7 Å². The van der Waals surface area contributed by atoms with Crippen LogP contribution in [0.3, 0.4) is 0 Å². The second-order valence-corrected chi connectivity index (χ2v) is 15.7. The highest BCUT2D eigenvalue weighted by atomic mass is 16.4. The van der Waals surface area contributed by atoms with Gasteiger partial charge < -0.3 is 74.3 Å². The monoisotopic (exact) mass is 880 g/mol. The number of aliphatic carboxylic acids is 1. The first-order valence-electron chi connectivity index (χ1n) is 19.9. The Kier molecular flexibility index (Phi) is 20.9. The van der Waals surface area contributed by atoms with E-state index in [9.17, 15) is 63.3 Å². The topological polar surface area (TPSA) is 414 Å². The molecular formula is C37H60N12O13. The van der Waals surface area contributed by atoms with Crippen LogP contribution in [0.4, 0.5) is 0 Å². The van der Waals surface area contributed by atoms with Crippen LogP contribution in [0, 0.1) is 11.8 Å². The second kappa shape index (κ2) is 24.9. The van der Waals surface area contributed by atoms with Gasteiger partial charge in [0.15, 0.2) is 0 Å². The number of nitrogens with one attached hydrogen (secondary N) is 7. The lowest BCUT2D eigenvalue weighted by molar-refractivity contribution is -0.144. The molecule has 1 fully saturated rings. The smallest absolute Gasteiger partial charge is 0.326 e. The van der Waals surface area contributed by atoms with Crippen LogP contribution in [0.5, 0.6) is 0 Å². The number of carbonyl (C=O) groups excluding carboxylic acids is 9. The van der Waals surface area contributed by atoms with Crippen LogP contribution in [-0.2, 0) is 54.4 Å². The number of hydrogen-bond acceptors (Lipinski definition) is 14. The van der Waals surface area contributed by atoms with Crippen molar-refractivity contribution in [1.82, 2.24) is 46.8 Å². The number of nitrogens with two attached hydrogens (primary N) is 3. The summed E-state index contributed by atoms with van der Waals surface area (Å²) in [4.78, 5) is 137. The van der Waals surface area contributed by atoms with Crippen molar-refractivity contribution in [3.05, 3.63) is 18.2 Å². The molecule has 346 valence electrons. The van der Waals surface area contributed by atoms with Crippen molar-refractivity contribution < 1.29 is 63.3 Å². The van der Waals surface area contributed by atoms with Gasteiger partial charge in [0.1, 0.15) is 48.3 Å². The first kappa shape index (κ1) is 51.9. The Labute approximate surface area is 356 Å². The Balaban J connectivity index is 2.24. The standard InChI is InChI=1S/C37H60N12O13/c1-17(2)8-21(44-33(57)23(11-28(39)52)43-30(54)20(38)14-50)31(55)45-24(12-29(40)53)34(58)48-26(15-51)36(60)49-7-5-6-27(49)35(59)46-22(9-18(3)4)32(56)47-25(37(61)62)10-19-13-41-16-42-19/h13,16-18,20-27,50-51H,5-12,14-15,38H2,1-4H3,(H2,39,52)(H2,40,53)(H,41,42)(H,43,54)(H,44,57)(H,45,55)(H,46,59)(H,47,56)(H,48,58)(H,61,62)/t20-,21-,22-,23-,24-,25-,26-,27-/m0/s1. The zero-order chi connectivity index (χ0) is 46.8. The lowest BCUT2D eigenvalue weighted by atomic mass is 10.0. The minimum absolute atomic E-state index is 0.00320. The van der Waals surface area contributed by atoms with Crippen molar-refractivity contribution >= 4 is 59.1 Å². The first-order valence-corrected chi connectivity index (χ1v) is 19.9. The lowest BCUT2D eigenvalue weighted by Crippen LogP contribution is -2.61. The van der Waals surface area contributed by atoms with Crippen molar-refractivity contribution in [2.24, 2.45) is 29.0 Å². The molecule has 1 saturated heterocycles. The molecule has 16 N–H and O–H groups in total. The molecule has 0 aromatic carbocycles. The number of carbonyl (C=O) groups is 10. The Morgan fingerprint density at radius 1 is 0.710 bits per heavy atom. The van der Waals surface area contributed by atoms with Crippen LogP contribution in [0.2, 0.25) is 0 Å². The van der Waals surface area contributed by atoms with Gasteiger partial charge in [-0.2, -0.15) is 0 Å². The lowest BCUT2D eigenvalue weighted by Gasteiger charge is -2.30. The molecule has 62 heavy (non-hydrogen) atoms. The number of aromatic nitrogens is 2. The van der Waals surface area contributed by atoms with Gasteiger partial charge in [0, 0.05) is 24.9 Å². The molecule has 1 aliphatic heterocycles. The first-order chi connectivity index (χ1) is 29.1. The van der Waals surface area contributed by atoms with E-state index < -0.39 is 134 Å². The molecule has 1 aliphatic rings. The fourth-order valence-corrected chi connectivity index (χ4v) is 6.45. The summed E-state index contributed by atoms with van der Waals surface area (Å²) in [6, 6.07) is -11.8. The van der Waals surface area contributed by atoms with Gasteiger partial charge in [0.2, 0.25) is 53.2 Å². The maximum atomic E-state index is 13.8. The van der Waals surface area contributed by atoms with Crippen LogP contribution in [0.25, 0.3) is 0 Å². The molecule has 0 aliphatic carbocycles. The molecule has 0 unspecified atom stereocenters. The molecule has 0 bridgehead atoms. The number of carboxylic acid groups (broad SMARTS) is 1. The third kappa shape index (κ3) is 16.7. The van der Waals surface area contributed by atoms with E-state index in [1.54, 1.807) is 27.7 Å². The Morgan fingerprint density at radius 3 is 1.63 bits per heavy atom. The molecule has 0 radical (unpaired) electrons. The zero-order valence-electron chi connectivity index (χ0n) is 35.0. The number of nitrogens with zero attached hydrogens (tertiary/aromatic N) is 2. The van der Waals surface area contributed by atoms with E-state index in [-0.39, 0.29) is 44.1 Å². The van der Waals surface area contributed by atoms with Gasteiger partial charge in [0.05, 0.1) is 32.4 Å². The minimum atomic E-state index is -1.77. The number of H-pyrrole nitrogens is 1. The van der Waals surface area contributed by atoms with Gasteiger partial charge in [-0.25, -0.2) is 9.78 Å². The summed E-state index contributed by atoms with van der Waals surface area (Å²) >= 11 is 0. The van der Waals surface area contributed by atoms with Gasteiger partial charge in [-0.3, -0.25) is 43.2 Å². The molecule has 0 saturated carbocycles. The van der Waals surface area contributed by atoms with Crippen LogP contribution in [0.15, 0.2) is 12.5 Å². The number of carboxylic acids is 1. The highest BCUT2D eigenvalue weighted by Gasteiger charge is 2.40. The van der Waals surface area contributed by atoms with E-state index in [1.807, 2.05) is 0 Å². The van der Waals surface area contributed by atoms with E-state index in [0.717, 1.165) is 4.90 Å². The predicted octanol–water partition coefficient (Wildman–Crippen LogP) is -5.91. The van der Waals surface area contributed by atoms with Gasteiger partial charge in [0.25, 0.3) is 0 Å². The SMILES string of the molecule is CC(C)C[C@H](NC(=O)[C@H](CC(N)=O)NC(=O)[C@@H](N)CO)C(=O)N[C@@H](CC(N)=O)C(=O)N[C@@H](CO)C(=O)N1CCC[C@H]1C(=O)N[C@@H](CC(C)C)C(=O)N[C@@H](Cc1cnc[nH]1)C(=O)O. The summed E-state index contributed by atoms with van der Waals surface area (Å²) < 4.78 is 0. The summed E-state index contributed by atoms with van der Waals surface area (Å²) in [5.41, 5.74) is 16.5. The summed E-state index contributed by atoms with van der Waals surface area (Å²) in [5.74, 6) is -10.5. The molecule has 2 heterocycles. The van der Waals surface area contributed by atoms with E-state index in [2.05, 4.69) is 41.9 Å². The molecular weight excluding hydrogens is 820 g/mol. The molecule has 25 heteroatoms. The number of aliphatic hydroxyl groups is 2. The van der Waals surface area contributed by atoms with Crippen molar-refractivity contribution in [3.63, 3.8) is 0 Å². The van der Waals surface area contributed by atoms with Crippen LogP contribution >= 0.6 is 0 Å². The van der Waals surface area contributed by atoms with E-state index >= 15 is 0 Å². The average Bonchev–Trinajstić information content (AvgIpc) is 3.90. The number of primary amides is 2. The summed E-state index contributed by atoms with van der Waals surface area (Å²) in [6.45, 7) is 5.13. The third-order valence-corrected chi connectivity index (χ3v) is 9.52. The molecule has 8 atom stereocenters. The van der Waals surface area contributed by atoms with Gasteiger partial charge in [-0.15, -0.1) is 0 Å². The maximum Gasteiger partial charge on any atom is 0.326 e. The van der Waals surface area contributed by atoms with Crippen molar-refractivity contribution in [2.75, 3.05) is 19.8 Å². The van der Waals surface area contributed by atoms with E-state index in [4.69, 9.17) is 17.2 Å². The van der Waals surface area contributed by atoms with Crippen LogP contribution in [0.1, 0.15) is 71.9 Å². The number of aliphatic hydroxyl groups excluding tert-OH is 2. The third-order valence-electron chi connectivity index (χ3n) is 9.52. The molecule has 2 rings (SSSR count). The summed E-state index contributed by atoms with van der Waals surface area (Å²) in [6.07, 6.45) is 1.56.